The van der Waals surface area contributed by atoms with Crippen LogP contribution in [0.1, 0.15) is 36.8 Å². The number of nitriles is 1. The van der Waals surface area contributed by atoms with Crippen molar-refractivity contribution < 1.29 is 13.2 Å². The molecule has 0 amide bonds. The number of hydrogen-bond acceptors (Lipinski definition) is 2. The van der Waals surface area contributed by atoms with Crippen molar-refractivity contribution in [2.75, 3.05) is 18.0 Å². The summed E-state index contributed by atoms with van der Waals surface area (Å²) in [7, 11) is 0. The molecule has 0 unspecified atom stereocenters. The van der Waals surface area contributed by atoms with Crippen LogP contribution < -0.4 is 4.90 Å². The van der Waals surface area contributed by atoms with E-state index in [4.69, 9.17) is 5.26 Å². The van der Waals surface area contributed by atoms with E-state index in [2.05, 4.69) is 0 Å². The highest BCUT2D eigenvalue weighted by molar-refractivity contribution is 5.61. The Balaban J connectivity index is 2.47. The molecule has 2 nitrogen and oxygen atoms in total. The van der Waals surface area contributed by atoms with Crippen LogP contribution in [0.2, 0.25) is 0 Å². The second-order valence-corrected chi connectivity index (χ2v) is 4.71. The Bertz CT molecular complexity index is 480. The average molecular weight is 268 g/mol. The fourth-order valence-corrected chi connectivity index (χ4v) is 2.51. The monoisotopic (exact) mass is 268 g/mol. The molecule has 0 atom stereocenters. The zero-order chi connectivity index (χ0) is 13.9. The molecule has 1 aromatic carbocycles. The predicted octanol–water partition coefficient (Wildman–Crippen LogP) is 3.96. The van der Waals surface area contributed by atoms with Gasteiger partial charge in [0.2, 0.25) is 0 Å². The standard InChI is InChI=1S/C14H15F3N2/c15-14(16,17)13-11(10-18)6-5-7-12(13)19-8-3-1-2-4-9-19/h5-7H,1-4,8-9H2. The SMILES string of the molecule is N#Cc1cccc(N2CCCCCC2)c1C(F)(F)F. The number of alkyl halides is 3. The fourth-order valence-electron chi connectivity index (χ4n) is 2.51. The fraction of sp³-hybridized carbons (Fsp3) is 0.500. The summed E-state index contributed by atoms with van der Waals surface area (Å²) < 4.78 is 39.5. The summed E-state index contributed by atoms with van der Waals surface area (Å²) in [6, 6.07) is 5.87. The van der Waals surface area contributed by atoms with E-state index < -0.39 is 11.7 Å². The molecule has 2 rings (SSSR count). The number of anilines is 1. The number of rotatable bonds is 1. The lowest BCUT2D eigenvalue weighted by Gasteiger charge is -2.26. The van der Waals surface area contributed by atoms with Gasteiger partial charge in [-0.3, -0.25) is 0 Å². The highest BCUT2D eigenvalue weighted by atomic mass is 19.4. The van der Waals surface area contributed by atoms with Gasteiger partial charge in [0, 0.05) is 13.1 Å². The van der Waals surface area contributed by atoms with Crippen molar-refractivity contribution in [3.63, 3.8) is 0 Å². The van der Waals surface area contributed by atoms with Crippen LogP contribution in [0.25, 0.3) is 0 Å². The van der Waals surface area contributed by atoms with Crippen LogP contribution in [-0.4, -0.2) is 13.1 Å². The zero-order valence-electron chi connectivity index (χ0n) is 10.5. The minimum Gasteiger partial charge on any atom is -0.371 e. The zero-order valence-corrected chi connectivity index (χ0v) is 10.5. The summed E-state index contributed by atoms with van der Waals surface area (Å²) in [5, 5.41) is 8.89. The molecule has 0 saturated carbocycles. The minimum absolute atomic E-state index is 0.147. The van der Waals surface area contributed by atoms with Crippen LogP contribution in [0.4, 0.5) is 18.9 Å². The molecule has 0 bridgehead atoms. The number of hydrogen-bond donors (Lipinski definition) is 0. The van der Waals surface area contributed by atoms with Crippen LogP contribution in [0.15, 0.2) is 18.2 Å². The lowest BCUT2D eigenvalue weighted by atomic mass is 10.0. The second kappa shape index (κ2) is 5.52. The molecule has 102 valence electrons. The van der Waals surface area contributed by atoms with Crippen molar-refractivity contribution in [1.29, 1.82) is 5.26 Å². The molecule has 1 saturated heterocycles. The molecule has 1 aromatic rings. The first-order chi connectivity index (χ1) is 9.04. The second-order valence-electron chi connectivity index (χ2n) is 4.71. The van der Waals surface area contributed by atoms with Gasteiger partial charge in [0.25, 0.3) is 0 Å². The van der Waals surface area contributed by atoms with Crippen molar-refractivity contribution in [1.82, 2.24) is 0 Å². The summed E-state index contributed by atoms with van der Waals surface area (Å²) in [4.78, 5) is 1.76. The molecular weight excluding hydrogens is 253 g/mol. The molecule has 1 fully saturated rings. The summed E-state index contributed by atoms with van der Waals surface area (Å²) in [5.41, 5.74) is -0.943. The smallest absolute Gasteiger partial charge is 0.371 e. The quantitative estimate of drug-likeness (QED) is 0.771. The number of halogens is 3. The van der Waals surface area contributed by atoms with Gasteiger partial charge in [0.15, 0.2) is 0 Å². The van der Waals surface area contributed by atoms with Crippen LogP contribution in [0.3, 0.4) is 0 Å². The van der Waals surface area contributed by atoms with Gasteiger partial charge in [-0.2, -0.15) is 18.4 Å². The molecule has 0 aliphatic carbocycles. The summed E-state index contributed by atoms with van der Waals surface area (Å²) >= 11 is 0. The molecule has 0 radical (unpaired) electrons. The third kappa shape index (κ3) is 3.01. The van der Waals surface area contributed by atoms with Crippen LogP contribution in [0.5, 0.6) is 0 Å². The summed E-state index contributed by atoms with van der Waals surface area (Å²) in [5.74, 6) is 0. The largest absolute Gasteiger partial charge is 0.419 e. The Kier molecular flexibility index (Phi) is 3.98. The third-order valence-electron chi connectivity index (χ3n) is 3.39. The molecule has 5 heteroatoms. The van der Waals surface area contributed by atoms with E-state index in [0.29, 0.717) is 13.1 Å². The molecule has 1 heterocycles. The van der Waals surface area contributed by atoms with Crippen molar-refractivity contribution in [2.45, 2.75) is 31.9 Å². The number of benzene rings is 1. The van der Waals surface area contributed by atoms with Crippen LogP contribution in [0, 0.1) is 11.3 Å². The molecule has 0 aromatic heterocycles. The first-order valence-electron chi connectivity index (χ1n) is 6.39. The van der Waals surface area contributed by atoms with E-state index in [0.717, 1.165) is 25.7 Å². The topological polar surface area (TPSA) is 27.0 Å². The molecule has 0 N–H and O–H groups in total. The van der Waals surface area contributed by atoms with Gasteiger partial charge in [-0.15, -0.1) is 0 Å². The Morgan fingerprint density at radius 2 is 1.68 bits per heavy atom. The van der Waals surface area contributed by atoms with Gasteiger partial charge >= 0.3 is 6.18 Å². The third-order valence-corrected chi connectivity index (χ3v) is 3.39. The maximum atomic E-state index is 13.2. The first kappa shape index (κ1) is 13.7. The maximum absolute atomic E-state index is 13.2. The van der Waals surface area contributed by atoms with E-state index in [1.165, 1.54) is 18.2 Å². The summed E-state index contributed by atoms with van der Waals surface area (Å²) in [6.45, 7) is 1.25. The number of nitrogens with zero attached hydrogens (tertiary/aromatic N) is 2. The molecular formula is C14H15F3N2. The van der Waals surface area contributed by atoms with E-state index in [9.17, 15) is 13.2 Å². The highest BCUT2D eigenvalue weighted by Crippen LogP contribution is 2.39. The van der Waals surface area contributed by atoms with Crippen molar-refractivity contribution in [3.8, 4) is 6.07 Å². The Morgan fingerprint density at radius 1 is 1.05 bits per heavy atom. The van der Waals surface area contributed by atoms with Gasteiger partial charge < -0.3 is 4.90 Å². The Hall–Kier alpha value is -1.70. The normalized spacial score (nSPS) is 16.8. The first-order valence-corrected chi connectivity index (χ1v) is 6.39. The van der Waals surface area contributed by atoms with Crippen LogP contribution >= 0.6 is 0 Å². The molecule has 1 aliphatic rings. The van der Waals surface area contributed by atoms with Gasteiger partial charge in [0.1, 0.15) is 0 Å². The molecule has 0 spiro atoms. The lowest BCUT2D eigenvalue weighted by Crippen LogP contribution is -2.27. The highest BCUT2D eigenvalue weighted by Gasteiger charge is 2.37. The van der Waals surface area contributed by atoms with E-state index in [1.54, 1.807) is 11.0 Å². The minimum atomic E-state index is -4.49. The predicted molar refractivity (Wildman–Crippen MR) is 66.8 cm³/mol. The maximum Gasteiger partial charge on any atom is 0.419 e. The molecule has 1 aliphatic heterocycles. The van der Waals surface area contributed by atoms with Crippen molar-refractivity contribution in [3.05, 3.63) is 29.3 Å². The van der Waals surface area contributed by atoms with Gasteiger partial charge in [-0.25, -0.2) is 0 Å². The lowest BCUT2D eigenvalue weighted by molar-refractivity contribution is -0.137. The van der Waals surface area contributed by atoms with E-state index in [-0.39, 0.29) is 11.3 Å². The van der Waals surface area contributed by atoms with Gasteiger partial charge in [-0.1, -0.05) is 18.9 Å². The van der Waals surface area contributed by atoms with Gasteiger partial charge in [0.05, 0.1) is 22.9 Å². The average Bonchev–Trinajstić information content (AvgIpc) is 2.65. The van der Waals surface area contributed by atoms with Crippen molar-refractivity contribution >= 4 is 5.69 Å². The summed E-state index contributed by atoms with van der Waals surface area (Å²) in [6.07, 6.45) is -0.596. The van der Waals surface area contributed by atoms with E-state index in [1.807, 2.05) is 0 Å². The van der Waals surface area contributed by atoms with Crippen molar-refractivity contribution in [2.24, 2.45) is 0 Å². The van der Waals surface area contributed by atoms with E-state index >= 15 is 0 Å². The van der Waals surface area contributed by atoms with Crippen LogP contribution in [-0.2, 0) is 6.18 Å². The molecule has 19 heavy (non-hydrogen) atoms. The Labute approximate surface area is 110 Å². The van der Waals surface area contributed by atoms with Gasteiger partial charge in [-0.05, 0) is 25.0 Å². The Morgan fingerprint density at radius 3 is 2.21 bits per heavy atom.